The van der Waals surface area contributed by atoms with Crippen molar-refractivity contribution in [3.63, 3.8) is 0 Å². The summed E-state index contributed by atoms with van der Waals surface area (Å²) in [5.41, 5.74) is 1.58. The van der Waals surface area contributed by atoms with Crippen LogP contribution >= 0.6 is 0 Å². The molecule has 0 atom stereocenters. The van der Waals surface area contributed by atoms with E-state index in [0.717, 1.165) is 11.3 Å². The van der Waals surface area contributed by atoms with Crippen molar-refractivity contribution in [1.29, 1.82) is 0 Å². The molecular formula is C9H11N. The van der Waals surface area contributed by atoms with Crippen molar-refractivity contribution < 1.29 is 0 Å². The highest BCUT2D eigenvalue weighted by atomic mass is 14.8. The van der Waals surface area contributed by atoms with Crippen LogP contribution in [0.3, 0.4) is 0 Å². The van der Waals surface area contributed by atoms with Gasteiger partial charge in [-0.05, 0) is 13.0 Å². The number of terminal acetylenes is 1. The van der Waals surface area contributed by atoms with Gasteiger partial charge >= 0.3 is 0 Å². The predicted molar refractivity (Wildman–Crippen MR) is 45.1 cm³/mol. The molecule has 0 fully saturated rings. The fourth-order valence-electron chi connectivity index (χ4n) is 0.302. The van der Waals surface area contributed by atoms with Gasteiger partial charge in [0.1, 0.15) is 0 Å². The third-order valence-electron chi connectivity index (χ3n) is 0.948. The molecule has 0 unspecified atom stereocenters. The van der Waals surface area contributed by atoms with Crippen LogP contribution in [0.15, 0.2) is 36.7 Å². The van der Waals surface area contributed by atoms with Crippen LogP contribution in [0.2, 0.25) is 0 Å². The summed E-state index contributed by atoms with van der Waals surface area (Å²) in [4.78, 5) is 0. The van der Waals surface area contributed by atoms with E-state index >= 15 is 0 Å². The van der Waals surface area contributed by atoms with E-state index in [-0.39, 0.29) is 0 Å². The second kappa shape index (κ2) is 4.46. The third-order valence-corrected chi connectivity index (χ3v) is 0.948. The van der Waals surface area contributed by atoms with Crippen molar-refractivity contribution in [2.45, 2.75) is 6.92 Å². The lowest BCUT2D eigenvalue weighted by molar-refractivity contribution is 1.11. The minimum atomic E-state index is 0.745. The van der Waals surface area contributed by atoms with Crippen LogP contribution in [0.4, 0.5) is 0 Å². The van der Waals surface area contributed by atoms with E-state index in [9.17, 15) is 0 Å². The fraction of sp³-hybridized carbons (Fsp3) is 0.111. The maximum Gasteiger partial charge on any atom is 0.0301 e. The van der Waals surface area contributed by atoms with Gasteiger partial charge in [-0.1, -0.05) is 19.1 Å². The Morgan fingerprint density at radius 1 is 1.70 bits per heavy atom. The molecule has 1 heteroatoms. The van der Waals surface area contributed by atoms with Crippen molar-refractivity contribution in [1.82, 2.24) is 5.32 Å². The van der Waals surface area contributed by atoms with Crippen molar-refractivity contribution in [3.05, 3.63) is 36.7 Å². The molecule has 1 nitrogen and oxygen atoms in total. The first kappa shape index (κ1) is 8.58. The summed E-state index contributed by atoms with van der Waals surface area (Å²) in [5.74, 6) is 2.47. The Kier molecular flexibility index (Phi) is 3.83. The summed E-state index contributed by atoms with van der Waals surface area (Å²) in [6.45, 7) is 9.00. The second-order valence-corrected chi connectivity index (χ2v) is 1.85. The average Bonchev–Trinajstić information content (AvgIpc) is 1.99. The summed E-state index contributed by atoms with van der Waals surface area (Å²) in [6.07, 6.45) is 8.42. The lowest BCUT2D eigenvalue weighted by Crippen LogP contribution is -2.00. The number of hydrogen-bond acceptors (Lipinski definition) is 1. The Bertz CT molecular complexity index is 203. The van der Waals surface area contributed by atoms with Crippen LogP contribution in [0.1, 0.15) is 6.92 Å². The SMILES string of the molecule is C#C/C(C)=C/NC(=C)C=C. The zero-order valence-electron chi connectivity index (χ0n) is 6.15. The molecule has 0 aliphatic heterocycles. The fourth-order valence-corrected chi connectivity index (χ4v) is 0.302. The Morgan fingerprint density at radius 3 is 2.70 bits per heavy atom. The monoisotopic (exact) mass is 133 g/mol. The third kappa shape index (κ3) is 3.57. The molecule has 52 valence electrons. The molecular weight excluding hydrogens is 122 g/mol. The molecule has 0 rings (SSSR count). The topological polar surface area (TPSA) is 12.0 Å². The van der Waals surface area contributed by atoms with E-state index in [4.69, 9.17) is 6.42 Å². The van der Waals surface area contributed by atoms with E-state index in [1.807, 2.05) is 6.92 Å². The summed E-state index contributed by atoms with van der Waals surface area (Å²) in [6, 6.07) is 0. The van der Waals surface area contributed by atoms with Gasteiger partial charge in [-0.15, -0.1) is 6.42 Å². The number of allylic oxidation sites excluding steroid dienone is 2. The Labute approximate surface area is 62.1 Å². The van der Waals surface area contributed by atoms with Crippen molar-refractivity contribution in [2.75, 3.05) is 0 Å². The summed E-state index contributed by atoms with van der Waals surface area (Å²) in [7, 11) is 0. The number of rotatable bonds is 3. The van der Waals surface area contributed by atoms with Gasteiger partial charge in [-0.2, -0.15) is 0 Å². The molecule has 0 aromatic heterocycles. The quantitative estimate of drug-likeness (QED) is 0.457. The molecule has 0 radical (unpaired) electrons. The van der Waals surface area contributed by atoms with Gasteiger partial charge < -0.3 is 5.32 Å². The summed E-state index contributed by atoms with van der Waals surface area (Å²) in [5, 5.41) is 2.87. The highest BCUT2D eigenvalue weighted by Gasteiger charge is 1.80. The van der Waals surface area contributed by atoms with Gasteiger partial charge in [0.2, 0.25) is 0 Å². The highest BCUT2D eigenvalue weighted by Crippen LogP contribution is 1.88. The Morgan fingerprint density at radius 2 is 2.30 bits per heavy atom. The molecule has 10 heavy (non-hydrogen) atoms. The van der Waals surface area contributed by atoms with E-state index < -0.39 is 0 Å². The lowest BCUT2D eigenvalue weighted by atomic mass is 10.3. The number of nitrogens with one attached hydrogen (secondary N) is 1. The molecule has 0 heterocycles. The predicted octanol–water partition coefficient (Wildman–Crippen LogP) is 1.81. The highest BCUT2D eigenvalue weighted by molar-refractivity contribution is 5.24. The first-order chi connectivity index (χ1) is 4.70. The maximum atomic E-state index is 5.09. The molecule has 0 aromatic carbocycles. The Balaban J connectivity index is 3.86. The van der Waals surface area contributed by atoms with Crippen molar-refractivity contribution in [2.24, 2.45) is 0 Å². The molecule has 0 saturated carbocycles. The summed E-state index contributed by atoms with van der Waals surface area (Å²) < 4.78 is 0. The van der Waals surface area contributed by atoms with Crippen molar-refractivity contribution >= 4 is 0 Å². The molecule has 0 aliphatic carbocycles. The van der Waals surface area contributed by atoms with Gasteiger partial charge in [-0.3, -0.25) is 0 Å². The molecule has 0 aliphatic rings. The van der Waals surface area contributed by atoms with Crippen LogP contribution in [0.25, 0.3) is 0 Å². The van der Waals surface area contributed by atoms with E-state index in [1.54, 1.807) is 12.3 Å². The normalized spacial score (nSPS) is 9.80. The molecule has 0 amide bonds. The van der Waals surface area contributed by atoms with Gasteiger partial charge in [0.15, 0.2) is 0 Å². The van der Waals surface area contributed by atoms with Crippen LogP contribution in [0, 0.1) is 12.3 Å². The maximum absolute atomic E-state index is 5.09. The molecule has 1 N–H and O–H groups in total. The van der Waals surface area contributed by atoms with Crippen molar-refractivity contribution in [3.8, 4) is 12.3 Å². The molecule has 0 spiro atoms. The molecule has 0 saturated heterocycles. The van der Waals surface area contributed by atoms with Gasteiger partial charge in [-0.25, -0.2) is 0 Å². The largest absolute Gasteiger partial charge is 0.361 e. The van der Waals surface area contributed by atoms with Gasteiger partial charge in [0, 0.05) is 17.5 Å². The standard InChI is InChI=1S/C9H11N/c1-5-8(3)7-10-9(4)6-2/h1,6-7,10H,2,4H2,3H3/b8-7+. The summed E-state index contributed by atoms with van der Waals surface area (Å²) >= 11 is 0. The van der Waals surface area contributed by atoms with Crippen LogP contribution in [0.5, 0.6) is 0 Å². The van der Waals surface area contributed by atoms with E-state index in [1.165, 1.54) is 0 Å². The average molecular weight is 133 g/mol. The first-order valence-electron chi connectivity index (χ1n) is 2.92. The van der Waals surface area contributed by atoms with E-state index in [2.05, 4.69) is 24.4 Å². The minimum absolute atomic E-state index is 0.745. The van der Waals surface area contributed by atoms with Crippen LogP contribution in [-0.4, -0.2) is 0 Å². The van der Waals surface area contributed by atoms with Gasteiger partial charge in [0.05, 0.1) is 0 Å². The zero-order chi connectivity index (χ0) is 7.98. The Hall–Kier alpha value is -1.42. The minimum Gasteiger partial charge on any atom is -0.361 e. The molecule has 0 bridgehead atoms. The first-order valence-corrected chi connectivity index (χ1v) is 2.92. The van der Waals surface area contributed by atoms with Gasteiger partial charge in [0.25, 0.3) is 0 Å². The van der Waals surface area contributed by atoms with Crippen LogP contribution < -0.4 is 5.32 Å². The zero-order valence-corrected chi connectivity index (χ0v) is 6.15. The lowest BCUT2D eigenvalue weighted by Gasteiger charge is -1.96. The molecule has 0 aromatic rings. The smallest absolute Gasteiger partial charge is 0.0301 e. The van der Waals surface area contributed by atoms with E-state index in [0.29, 0.717) is 0 Å². The number of hydrogen-bond donors (Lipinski definition) is 1. The van der Waals surface area contributed by atoms with Crippen LogP contribution in [-0.2, 0) is 0 Å². The second-order valence-electron chi connectivity index (χ2n) is 1.85.